The van der Waals surface area contributed by atoms with Crippen LogP contribution in [0.3, 0.4) is 0 Å². The minimum absolute atomic E-state index is 0.0749. The number of fused-ring (bicyclic) bond motifs is 1. The first kappa shape index (κ1) is 23.1. The van der Waals surface area contributed by atoms with Gasteiger partial charge in [0, 0.05) is 11.1 Å². The van der Waals surface area contributed by atoms with Gasteiger partial charge >= 0.3 is 5.97 Å². The van der Waals surface area contributed by atoms with Crippen LogP contribution in [0.2, 0.25) is 0 Å². The molecular weight excluding hydrogens is 480 g/mol. The van der Waals surface area contributed by atoms with Gasteiger partial charge in [-0.15, -0.1) is 0 Å². The van der Waals surface area contributed by atoms with E-state index in [1.54, 1.807) is 18.2 Å². The standard InChI is InChI=1S/C23H16N2O7S2/c26-22-19-9-5-4-8-18(19)20(14-21(22)25-33(29,30)16-6-2-1-3-7-16)24-34(31,32)17-12-10-15(11-13-17)23(27)28/h1-14,25H,(H,27,28). The van der Waals surface area contributed by atoms with E-state index >= 15 is 0 Å². The van der Waals surface area contributed by atoms with E-state index in [0.29, 0.717) is 0 Å². The number of nitrogens with one attached hydrogen (secondary N) is 1. The molecule has 11 heteroatoms. The molecule has 0 unspecified atom stereocenters. The Morgan fingerprint density at radius 2 is 1.35 bits per heavy atom. The Morgan fingerprint density at radius 1 is 0.765 bits per heavy atom. The summed E-state index contributed by atoms with van der Waals surface area (Å²) in [6.45, 7) is 0. The van der Waals surface area contributed by atoms with Gasteiger partial charge in [0.15, 0.2) is 0 Å². The smallest absolute Gasteiger partial charge is 0.335 e. The summed E-state index contributed by atoms with van der Waals surface area (Å²) >= 11 is 0. The van der Waals surface area contributed by atoms with Crippen LogP contribution in [0.4, 0.5) is 0 Å². The fourth-order valence-corrected chi connectivity index (χ4v) is 5.31. The first-order valence-electron chi connectivity index (χ1n) is 9.70. The Labute approximate surface area is 195 Å². The SMILES string of the molecule is O=C(O)c1ccc(S(=O)(=O)N=C2C=C(NS(=O)(=O)c3ccccc3)C(=O)c3ccccc32)cc1. The molecule has 2 N–H and O–H groups in total. The Bertz CT molecular complexity index is 1570. The number of carboxylic acid groups (broad SMARTS) is 1. The predicted octanol–water partition coefficient (Wildman–Crippen LogP) is 2.62. The van der Waals surface area contributed by atoms with Crippen LogP contribution in [0.5, 0.6) is 0 Å². The van der Waals surface area contributed by atoms with Gasteiger partial charge in [-0.1, -0.05) is 42.5 Å². The van der Waals surface area contributed by atoms with Crippen molar-refractivity contribution in [2.45, 2.75) is 9.79 Å². The van der Waals surface area contributed by atoms with Crippen molar-refractivity contribution in [1.82, 2.24) is 4.72 Å². The molecule has 0 aromatic heterocycles. The highest BCUT2D eigenvalue weighted by atomic mass is 32.2. The van der Waals surface area contributed by atoms with Gasteiger partial charge in [0.05, 0.1) is 26.8 Å². The number of Topliss-reactive ketones (excluding diaryl/α,β-unsaturated/α-hetero) is 1. The third-order valence-corrected chi connectivity index (χ3v) is 7.58. The number of sulfonamides is 2. The molecule has 172 valence electrons. The van der Waals surface area contributed by atoms with Crippen molar-refractivity contribution in [2.75, 3.05) is 0 Å². The van der Waals surface area contributed by atoms with Crippen LogP contribution in [0.25, 0.3) is 0 Å². The Hall–Kier alpha value is -4.09. The third kappa shape index (κ3) is 4.51. The van der Waals surface area contributed by atoms with Crippen molar-refractivity contribution in [2.24, 2.45) is 4.40 Å². The summed E-state index contributed by atoms with van der Waals surface area (Å²) in [6.07, 6.45) is 1.06. The Balaban J connectivity index is 1.80. The summed E-state index contributed by atoms with van der Waals surface area (Å²) in [5, 5.41) is 9.01. The zero-order valence-electron chi connectivity index (χ0n) is 17.2. The van der Waals surface area contributed by atoms with Crippen molar-refractivity contribution >= 4 is 37.5 Å². The molecule has 0 aliphatic heterocycles. The van der Waals surface area contributed by atoms with Gasteiger partial charge in [0.2, 0.25) is 5.78 Å². The average Bonchev–Trinajstić information content (AvgIpc) is 2.82. The van der Waals surface area contributed by atoms with E-state index in [1.807, 2.05) is 0 Å². The zero-order valence-corrected chi connectivity index (χ0v) is 18.9. The number of benzene rings is 3. The minimum Gasteiger partial charge on any atom is -0.478 e. The molecule has 9 nitrogen and oxygen atoms in total. The van der Waals surface area contributed by atoms with Gasteiger partial charge in [0.1, 0.15) is 0 Å². The second kappa shape index (κ2) is 8.69. The second-order valence-electron chi connectivity index (χ2n) is 7.13. The number of ketones is 1. The number of carbonyl (C=O) groups is 2. The number of nitrogens with zero attached hydrogens (tertiary/aromatic N) is 1. The molecule has 0 saturated carbocycles. The highest BCUT2D eigenvalue weighted by molar-refractivity contribution is 7.90. The van der Waals surface area contributed by atoms with E-state index in [9.17, 15) is 26.4 Å². The summed E-state index contributed by atoms with van der Waals surface area (Å²) in [5.74, 6) is -1.86. The van der Waals surface area contributed by atoms with Gasteiger partial charge < -0.3 is 5.11 Å². The maximum absolute atomic E-state index is 13.0. The van der Waals surface area contributed by atoms with Crippen LogP contribution in [0.15, 0.2) is 105 Å². The largest absolute Gasteiger partial charge is 0.478 e. The number of aromatic carboxylic acids is 1. The summed E-state index contributed by atoms with van der Waals surface area (Å²) in [4.78, 5) is 23.6. The Kier molecular flexibility index (Phi) is 5.90. The van der Waals surface area contributed by atoms with E-state index in [-0.39, 0.29) is 37.9 Å². The van der Waals surface area contributed by atoms with Crippen LogP contribution in [-0.2, 0) is 20.0 Å². The van der Waals surface area contributed by atoms with Gasteiger partial charge in [-0.3, -0.25) is 9.52 Å². The molecule has 0 spiro atoms. The summed E-state index contributed by atoms with van der Waals surface area (Å²) in [5.41, 5.74) is -0.328. The van der Waals surface area contributed by atoms with Crippen LogP contribution in [0, 0.1) is 0 Å². The van der Waals surface area contributed by atoms with Crippen LogP contribution < -0.4 is 4.72 Å². The average molecular weight is 497 g/mol. The number of hydrogen-bond donors (Lipinski definition) is 2. The lowest BCUT2D eigenvalue weighted by Crippen LogP contribution is -2.31. The first-order chi connectivity index (χ1) is 16.1. The monoisotopic (exact) mass is 496 g/mol. The van der Waals surface area contributed by atoms with E-state index in [1.165, 1.54) is 36.4 Å². The molecule has 0 radical (unpaired) electrons. The molecule has 0 saturated heterocycles. The van der Waals surface area contributed by atoms with Crippen molar-refractivity contribution in [1.29, 1.82) is 0 Å². The molecule has 34 heavy (non-hydrogen) atoms. The topological polar surface area (TPSA) is 147 Å². The van der Waals surface area contributed by atoms with E-state index in [0.717, 1.165) is 30.3 Å². The molecule has 0 fully saturated rings. The maximum Gasteiger partial charge on any atom is 0.335 e. The molecule has 4 rings (SSSR count). The molecular formula is C23H16N2O7S2. The Morgan fingerprint density at radius 3 is 1.97 bits per heavy atom. The number of allylic oxidation sites excluding steroid dienone is 2. The normalized spacial score (nSPS) is 14.9. The highest BCUT2D eigenvalue weighted by Crippen LogP contribution is 2.24. The fraction of sp³-hybridized carbons (Fsp3) is 0. The van der Waals surface area contributed by atoms with Gasteiger partial charge in [-0.2, -0.15) is 12.8 Å². The van der Waals surface area contributed by atoms with Crippen molar-refractivity contribution < 1.29 is 31.5 Å². The number of carbonyl (C=O) groups excluding carboxylic acids is 1. The maximum atomic E-state index is 13.0. The quantitative estimate of drug-likeness (QED) is 0.533. The molecule has 3 aromatic carbocycles. The third-order valence-electron chi connectivity index (χ3n) is 4.89. The van der Waals surface area contributed by atoms with E-state index in [4.69, 9.17) is 5.11 Å². The molecule has 0 bridgehead atoms. The van der Waals surface area contributed by atoms with Gasteiger partial charge in [0.25, 0.3) is 20.0 Å². The van der Waals surface area contributed by atoms with E-state index < -0.39 is 31.8 Å². The predicted molar refractivity (Wildman–Crippen MR) is 123 cm³/mol. The summed E-state index contributed by atoms with van der Waals surface area (Å²) in [6, 6.07) is 17.9. The lowest BCUT2D eigenvalue weighted by molar-refractivity contribution is 0.0696. The van der Waals surface area contributed by atoms with Gasteiger partial charge in [-0.25, -0.2) is 13.2 Å². The number of hydrogen-bond acceptors (Lipinski definition) is 6. The second-order valence-corrected chi connectivity index (χ2v) is 10.4. The molecule has 0 atom stereocenters. The van der Waals surface area contributed by atoms with Gasteiger partial charge in [-0.05, 0) is 42.5 Å². The van der Waals surface area contributed by atoms with Crippen molar-refractivity contribution in [3.63, 3.8) is 0 Å². The number of rotatable bonds is 6. The van der Waals surface area contributed by atoms with Crippen LogP contribution in [0.1, 0.15) is 26.3 Å². The summed E-state index contributed by atoms with van der Waals surface area (Å²) < 4.78 is 57.3. The zero-order chi connectivity index (χ0) is 24.5. The fourth-order valence-electron chi connectivity index (χ4n) is 3.24. The van der Waals surface area contributed by atoms with Crippen molar-refractivity contribution in [3.8, 4) is 0 Å². The van der Waals surface area contributed by atoms with Crippen LogP contribution in [-0.4, -0.2) is 39.4 Å². The van der Waals surface area contributed by atoms with E-state index in [2.05, 4.69) is 9.12 Å². The minimum atomic E-state index is -4.32. The summed E-state index contributed by atoms with van der Waals surface area (Å²) in [7, 11) is -8.45. The lowest BCUT2D eigenvalue weighted by atomic mass is 9.93. The highest BCUT2D eigenvalue weighted by Gasteiger charge is 2.29. The molecule has 3 aromatic rings. The number of carboxylic acids is 1. The van der Waals surface area contributed by atoms with Crippen LogP contribution >= 0.6 is 0 Å². The van der Waals surface area contributed by atoms with Crippen molar-refractivity contribution in [3.05, 3.63) is 107 Å². The first-order valence-corrected chi connectivity index (χ1v) is 12.6. The molecule has 0 heterocycles. The lowest BCUT2D eigenvalue weighted by Gasteiger charge is -2.18. The molecule has 1 aliphatic carbocycles. The molecule has 1 aliphatic rings. The molecule has 0 amide bonds.